The lowest BCUT2D eigenvalue weighted by atomic mass is 9.86. The summed E-state index contributed by atoms with van der Waals surface area (Å²) in [6.45, 7) is 3.89. The van der Waals surface area contributed by atoms with E-state index in [0.717, 1.165) is 49.8 Å². The molecule has 1 atom stereocenters. The molecule has 0 saturated carbocycles. The molecule has 1 aliphatic heterocycles. The summed E-state index contributed by atoms with van der Waals surface area (Å²) >= 11 is 0. The molecular weight excluding hydrogens is 324 g/mol. The maximum atomic E-state index is 12.5. The van der Waals surface area contributed by atoms with E-state index in [1.807, 2.05) is 18.2 Å². The van der Waals surface area contributed by atoms with Gasteiger partial charge in [0.15, 0.2) is 5.78 Å². The van der Waals surface area contributed by atoms with Gasteiger partial charge < -0.3 is 9.80 Å². The first kappa shape index (κ1) is 16.9. The number of allylic oxidation sites excluding steroid dienone is 1. The Balaban J connectivity index is 1.52. The van der Waals surface area contributed by atoms with Crippen molar-refractivity contribution >= 4 is 17.8 Å². The standard InChI is InChI=1S/C21H24N4O/c1-24-9-11-25(12-10-24)21-22-15-18-19(23-21)13-17(14-20(18)26)8-7-16-5-3-2-4-6-16/h2-8,15,17H,9-14H2,1H3/b8-7+/t17-/m1/s1. The summed E-state index contributed by atoms with van der Waals surface area (Å²) in [4.78, 5) is 26.3. The second-order valence-corrected chi connectivity index (χ2v) is 7.18. The van der Waals surface area contributed by atoms with Gasteiger partial charge in [-0.2, -0.15) is 0 Å². The predicted molar refractivity (Wildman–Crippen MR) is 103 cm³/mol. The summed E-state index contributed by atoms with van der Waals surface area (Å²) < 4.78 is 0. The van der Waals surface area contributed by atoms with Crippen LogP contribution in [0.5, 0.6) is 0 Å². The number of hydrogen-bond donors (Lipinski definition) is 0. The minimum absolute atomic E-state index is 0.152. The number of hydrogen-bond acceptors (Lipinski definition) is 5. The van der Waals surface area contributed by atoms with Crippen molar-refractivity contribution in [3.8, 4) is 0 Å². The fourth-order valence-corrected chi connectivity index (χ4v) is 3.57. The first-order chi connectivity index (χ1) is 12.7. The Labute approximate surface area is 154 Å². The van der Waals surface area contributed by atoms with Crippen LogP contribution in [-0.4, -0.2) is 53.9 Å². The lowest BCUT2D eigenvalue weighted by molar-refractivity contribution is 0.0957. The average Bonchev–Trinajstić information content (AvgIpc) is 2.67. The Kier molecular flexibility index (Phi) is 4.80. The number of likely N-dealkylation sites (N-methyl/N-ethyl adjacent to an activating group) is 1. The number of benzene rings is 1. The summed E-state index contributed by atoms with van der Waals surface area (Å²) in [5.41, 5.74) is 2.76. The summed E-state index contributed by atoms with van der Waals surface area (Å²) in [7, 11) is 2.13. The molecule has 1 fully saturated rings. The molecule has 2 heterocycles. The normalized spacial score (nSPS) is 21.2. The number of piperazine rings is 1. The van der Waals surface area contributed by atoms with E-state index in [9.17, 15) is 4.79 Å². The van der Waals surface area contributed by atoms with Crippen LogP contribution >= 0.6 is 0 Å². The van der Waals surface area contributed by atoms with Crippen molar-refractivity contribution in [3.63, 3.8) is 0 Å². The van der Waals surface area contributed by atoms with Crippen molar-refractivity contribution in [2.45, 2.75) is 12.8 Å². The molecule has 5 nitrogen and oxygen atoms in total. The zero-order valence-corrected chi connectivity index (χ0v) is 15.1. The van der Waals surface area contributed by atoms with E-state index in [2.05, 4.69) is 46.1 Å². The maximum absolute atomic E-state index is 12.5. The van der Waals surface area contributed by atoms with Gasteiger partial charge >= 0.3 is 0 Å². The molecule has 0 bridgehead atoms. The Hall–Kier alpha value is -2.53. The van der Waals surface area contributed by atoms with Gasteiger partial charge in [-0.1, -0.05) is 42.5 Å². The van der Waals surface area contributed by atoms with E-state index in [1.165, 1.54) is 0 Å². The predicted octanol–water partition coefficient (Wildman–Crippen LogP) is 2.69. The zero-order chi connectivity index (χ0) is 17.9. The number of ketones is 1. The number of aromatic nitrogens is 2. The van der Waals surface area contributed by atoms with Gasteiger partial charge in [-0.05, 0) is 24.9 Å². The van der Waals surface area contributed by atoms with Crippen LogP contribution in [0.1, 0.15) is 28.0 Å². The van der Waals surface area contributed by atoms with E-state index >= 15 is 0 Å². The fourth-order valence-electron chi connectivity index (χ4n) is 3.57. The molecular formula is C21H24N4O. The monoisotopic (exact) mass is 348 g/mol. The van der Waals surface area contributed by atoms with Gasteiger partial charge in [-0.15, -0.1) is 0 Å². The molecule has 26 heavy (non-hydrogen) atoms. The topological polar surface area (TPSA) is 49.3 Å². The van der Waals surface area contributed by atoms with Crippen LogP contribution in [0.4, 0.5) is 5.95 Å². The molecule has 1 aromatic carbocycles. The average molecular weight is 348 g/mol. The van der Waals surface area contributed by atoms with Crippen LogP contribution in [0.25, 0.3) is 6.08 Å². The largest absolute Gasteiger partial charge is 0.338 e. The van der Waals surface area contributed by atoms with E-state index in [1.54, 1.807) is 6.20 Å². The summed E-state index contributed by atoms with van der Waals surface area (Å²) in [5, 5.41) is 0. The fraction of sp³-hybridized carbons (Fsp3) is 0.381. The molecule has 134 valence electrons. The van der Waals surface area contributed by atoms with Crippen LogP contribution in [0.3, 0.4) is 0 Å². The van der Waals surface area contributed by atoms with Crippen molar-refractivity contribution in [1.29, 1.82) is 0 Å². The molecule has 0 radical (unpaired) electrons. The van der Waals surface area contributed by atoms with Gasteiger partial charge in [0.05, 0.1) is 11.3 Å². The highest BCUT2D eigenvalue weighted by atomic mass is 16.1. The Morgan fingerprint density at radius 2 is 1.85 bits per heavy atom. The molecule has 1 aliphatic carbocycles. The number of anilines is 1. The lowest BCUT2D eigenvalue weighted by Crippen LogP contribution is -2.45. The number of Topliss-reactive ketones (excluding diaryl/α,β-unsaturated/α-hetero) is 1. The molecule has 5 heteroatoms. The van der Waals surface area contributed by atoms with Gasteiger partial charge in [0.25, 0.3) is 0 Å². The van der Waals surface area contributed by atoms with Gasteiger partial charge in [0, 0.05) is 38.8 Å². The van der Waals surface area contributed by atoms with Gasteiger partial charge in [0.1, 0.15) is 0 Å². The highest BCUT2D eigenvalue weighted by Gasteiger charge is 2.27. The van der Waals surface area contributed by atoms with Crippen molar-refractivity contribution in [2.24, 2.45) is 5.92 Å². The summed E-state index contributed by atoms with van der Waals surface area (Å²) in [5.74, 6) is 1.11. The first-order valence-electron chi connectivity index (χ1n) is 9.25. The zero-order valence-electron chi connectivity index (χ0n) is 15.1. The minimum atomic E-state index is 0.152. The van der Waals surface area contributed by atoms with E-state index in [0.29, 0.717) is 12.0 Å². The van der Waals surface area contributed by atoms with Crippen molar-refractivity contribution in [2.75, 3.05) is 38.1 Å². The molecule has 2 aromatic rings. The van der Waals surface area contributed by atoms with Crippen LogP contribution in [-0.2, 0) is 6.42 Å². The van der Waals surface area contributed by atoms with E-state index in [-0.39, 0.29) is 11.7 Å². The molecule has 1 saturated heterocycles. The molecule has 0 N–H and O–H groups in total. The third kappa shape index (κ3) is 3.68. The van der Waals surface area contributed by atoms with E-state index < -0.39 is 0 Å². The maximum Gasteiger partial charge on any atom is 0.225 e. The van der Waals surface area contributed by atoms with Crippen molar-refractivity contribution in [3.05, 3.63) is 59.4 Å². The van der Waals surface area contributed by atoms with Crippen molar-refractivity contribution < 1.29 is 4.79 Å². The molecule has 0 spiro atoms. The lowest BCUT2D eigenvalue weighted by Gasteiger charge is -2.33. The molecule has 4 rings (SSSR count). The molecule has 0 amide bonds. The molecule has 0 unspecified atom stereocenters. The van der Waals surface area contributed by atoms with Crippen LogP contribution < -0.4 is 4.90 Å². The van der Waals surface area contributed by atoms with Crippen LogP contribution in [0.15, 0.2) is 42.6 Å². The van der Waals surface area contributed by atoms with Crippen LogP contribution in [0.2, 0.25) is 0 Å². The number of fused-ring (bicyclic) bond motifs is 1. The van der Waals surface area contributed by atoms with Gasteiger partial charge in [-0.3, -0.25) is 4.79 Å². The highest BCUT2D eigenvalue weighted by molar-refractivity contribution is 5.98. The third-order valence-electron chi connectivity index (χ3n) is 5.21. The second-order valence-electron chi connectivity index (χ2n) is 7.18. The highest BCUT2D eigenvalue weighted by Crippen LogP contribution is 2.27. The Morgan fingerprint density at radius 1 is 1.08 bits per heavy atom. The van der Waals surface area contributed by atoms with Crippen molar-refractivity contribution in [1.82, 2.24) is 14.9 Å². The number of carbonyl (C=O) groups is 1. The number of nitrogens with zero attached hydrogens (tertiary/aromatic N) is 4. The van der Waals surface area contributed by atoms with Crippen LogP contribution in [0, 0.1) is 5.92 Å². The second kappa shape index (κ2) is 7.38. The Morgan fingerprint density at radius 3 is 2.62 bits per heavy atom. The van der Waals surface area contributed by atoms with E-state index in [4.69, 9.17) is 4.98 Å². The minimum Gasteiger partial charge on any atom is -0.338 e. The number of carbonyl (C=O) groups excluding carboxylic acids is 1. The van der Waals surface area contributed by atoms with Gasteiger partial charge in [-0.25, -0.2) is 9.97 Å². The Bertz CT molecular complexity index is 810. The molecule has 2 aliphatic rings. The first-order valence-corrected chi connectivity index (χ1v) is 9.25. The summed E-state index contributed by atoms with van der Waals surface area (Å²) in [6, 6.07) is 10.2. The smallest absolute Gasteiger partial charge is 0.225 e. The third-order valence-corrected chi connectivity index (χ3v) is 5.21. The molecule has 1 aromatic heterocycles. The quantitative estimate of drug-likeness (QED) is 0.854. The number of rotatable bonds is 3. The van der Waals surface area contributed by atoms with Gasteiger partial charge in [0.2, 0.25) is 5.95 Å². The summed E-state index contributed by atoms with van der Waals surface area (Å²) in [6.07, 6.45) is 7.32. The SMILES string of the molecule is CN1CCN(c2ncc3c(n2)C[C@@H](/C=C/c2ccccc2)CC3=O)CC1.